The molecule has 0 aliphatic rings. The summed E-state index contributed by atoms with van der Waals surface area (Å²) in [6.07, 6.45) is 1.27. The molecule has 1 atom stereocenters. The number of hydrogen-bond acceptors (Lipinski definition) is 6. The fourth-order valence-electron chi connectivity index (χ4n) is 4.10. The molecule has 208 valence electrons. The van der Waals surface area contributed by atoms with Crippen LogP contribution in [0.25, 0.3) is 0 Å². The van der Waals surface area contributed by atoms with Crippen molar-refractivity contribution in [1.29, 1.82) is 0 Å². The average molecular weight is 554 g/mol. The maximum atomic E-state index is 13.9. The second-order valence-electron chi connectivity index (χ2n) is 9.11. The Hall–Kier alpha value is -3.73. The third kappa shape index (κ3) is 9.20. The van der Waals surface area contributed by atoms with E-state index >= 15 is 0 Å². The van der Waals surface area contributed by atoms with E-state index in [-0.39, 0.29) is 32.7 Å². The first-order chi connectivity index (χ1) is 18.7. The maximum Gasteiger partial charge on any atom is 0.243 e. The molecule has 0 heterocycles. The highest BCUT2D eigenvalue weighted by Gasteiger charge is 2.32. The van der Waals surface area contributed by atoms with E-state index in [0.717, 1.165) is 27.3 Å². The van der Waals surface area contributed by atoms with Gasteiger partial charge in [0.25, 0.3) is 0 Å². The molecule has 3 aromatic rings. The number of carbonyl (C=O) groups is 2. The van der Waals surface area contributed by atoms with Gasteiger partial charge < -0.3 is 20.1 Å². The number of sulfonamides is 1. The monoisotopic (exact) mass is 553 g/mol. The van der Waals surface area contributed by atoms with Gasteiger partial charge in [0, 0.05) is 26.1 Å². The molecule has 3 rings (SSSR count). The molecule has 1 unspecified atom stereocenters. The molecule has 3 aromatic carbocycles. The van der Waals surface area contributed by atoms with Gasteiger partial charge in [0.15, 0.2) is 0 Å². The van der Waals surface area contributed by atoms with Crippen molar-refractivity contribution in [2.75, 3.05) is 33.1 Å². The summed E-state index contributed by atoms with van der Waals surface area (Å²) in [5.41, 5.74) is 2.31. The lowest BCUT2D eigenvalue weighted by molar-refractivity contribution is -0.141. The van der Waals surface area contributed by atoms with E-state index in [2.05, 4.69) is 5.32 Å². The molecular weight excluding hydrogens is 518 g/mol. The van der Waals surface area contributed by atoms with Crippen LogP contribution in [0.5, 0.6) is 5.75 Å². The highest BCUT2D eigenvalue weighted by molar-refractivity contribution is 7.88. The second-order valence-corrected chi connectivity index (χ2v) is 11.1. The minimum absolute atomic E-state index is 0.0157. The topological polar surface area (TPSA) is 116 Å². The molecule has 0 aliphatic carbocycles. The van der Waals surface area contributed by atoms with E-state index in [0.29, 0.717) is 5.75 Å². The summed E-state index contributed by atoms with van der Waals surface area (Å²) >= 11 is 0. The Kier molecular flexibility index (Phi) is 11.0. The van der Waals surface area contributed by atoms with Crippen molar-refractivity contribution in [3.63, 3.8) is 0 Å². The Morgan fingerprint density at radius 1 is 0.872 bits per heavy atom. The predicted molar refractivity (Wildman–Crippen MR) is 149 cm³/mol. The van der Waals surface area contributed by atoms with Crippen molar-refractivity contribution in [3.05, 3.63) is 102 Å². The van der Waals surface area contributed by atoms with Crippen molar-refractivity contribution >= 4 is 21.8 Å². The molecule has 0 spiro atoms. The van der Waals surface area contributed by atoms with Gasteiger partial charge in [-0.3, -0.25) is 9.59 Å². The van der Waals surface area contributed by atoms with Gasteiger partial charge in [-0.25, -0.2) is 8.42 Å². The predicted octanol–water partition coefficient (Wildman–Crippen LogP) is 2.21. The highest BCUT2D eigenvalue weighted by Crippen LogP contribution is 2.19. The first kappa shape index (κ1) is 29.8. The number of carbonyl (C=O) groups excluding carboxylic acids is 2. The van der Waals surface area contributed by atoms with Crippen molar-refractivity contribution in [2.24, 2.45) is 0 Å². The highest BCUT2D eigenvalue weighted by atomic mass is 32.2. The lowest BCUT2D eigenvalue weighted by Crippen LogP contribution is -2.53. The SMILES string of the molecule is COc1ccc(CN(C(=O)CN(Cc2ccccc2)S(C)(=O)=O)C(Cc2ccccc2)C(=O)NCCO)cc1. The van der Waals surface area contributed by atoms with Crippen LogP contribution >= 0.6 is 0 Å². The minimum Gasteiger partial charge on any atom is -0.497 e. The quantitative estimate of drug-likeness (QED) is 0.316. The number of rotatable bonds is 14. The largest absolute Gasteiger partial charge is 0.497 e. The lowest BCUT2D eigenvalue weighted by Gasteiger charge is -2.33. The number of benzene rings is 3. The van der Waals surface area contributed by atoms with E-state index < -0.39 is 34.4 Å². The van der Waals surface area contributed by atoms with Crippen LogP contribution in [0.4, 0.5) is 0 Å². The number of hydrogen-bond donors (Lipinski definition) is 2. The fraction of sp³-hybridized carbons (Fsp3) is 0.310. The van der Waals surface area contributed by atoms with Crippen LogP contribution in [0.1, 0.15) is 16.7 Å². The molecule has 0 saturated carbocycles. The zero-order valence-electron chi connectivity index (χ0n) is 22.2. The van der Waals surface area contributed by atoms with E-state index in [1.54, 1.807) is 55.6 Å². The number of nitrogens with zero attached hydrogens (tertiary/aromatic N) is 2. The minimum atomic E-state index is -3.76. The molecule has 2 amide bonds. The van der Waals surface area contributed by atoms with Gasteiger partial charge in [-0.1, -0.05) is 72.8 Å². The van der Waals surface area contributed by atoms with Crippen LogP contribution in [-0.4, -0.2) is 73.6 Å². The van der Waals surface area contributed by atoms with Crippen LogP contribution in [0.3, 0.4) is 0 Å². The summed E-state index contributed by atoms with van der Waals surface area (Å²) in [6.45, 7) is -0.590. The van der Waals surface area contributed by atoms with Gasteiger partial charge in [-0.15, -0.1) is 0 Å². The zero-order chi connectivity index (χ0) is 28.3. The van der Waals surface area contributed by atoms with E-state index in [4.69, 9.17) is 4.74 Å². The van der Waals surface area contributed by atoms with Gasteiger partial charge >= 0.3 is 0 Å². The Morgan fingerprint density at radius 2 is 1.44 bits per heavy atom. The summed E-state index contributed by atoms with van der Waals surface area (Å²) in [7, 11) is -2.20. The molecule has 0 fully saturated rings. The Labute approximate surface area is 230 Å². The van der Waals surface area contributed by atoms with E-state index in [9.17, 15) is 23.1 Å². The average Bonchev–Trinajstić information content (AvgIpc) is 2.94. The second kappa shape index (κ2) is 14.4. The summed E-state index contributed by atoms with van der Waals surface area (Å²) in [5.74, 6) is -0.319. The summed E-state index contributed by atoms with van der Waals surface area (Å²) in [6, 6.07) is 24.4. The molecule has 9 nitrogen and oxygen atoms in total. The van der Waals surface area contributed by atoms with E-state index in [1.807, 2.05) is 36.4 Å². The van der Waals surface area contributed by atoms with Crippen molar-refractivity contribution < 1.29 is 27.9 Å². The maximum absolute atomic E-state index is 13.9. The molecule has 0 aliphatic heterocycles. The molecule has 10 heteroatoms. The van der Waals surface area contributed by atoms with Crippen molar-refractivity contribution in [2.45, 2.75) is 25.6 Å². The Morgan fingerprint density at radius 3 is 1.97 bits per heavy atom. The zero-order valence-corrected chi connectivity index (χ0v) is 23.0. The third-order valence-corrected chi connectivity index (χ3v) is 7.37. The van der Waals surface area contributed by atoms with Gasteiger partial charge in [-0.05, 0) is 28.8 Å². The lowest BCUT2D eigenvalue weighted by atomic mass is 10.0. The Bertz CT molecular complexity index is 1300. The molecule has 0 bridgehead atoms. The number of aliphatic hydroxyl groups excluding tert-OH is 1. The van der Waals surface area contributed by atoms with Crippen molar-refractivity contribution in [1.82, 2.24) is 14.5 Å². The van der Waals surface area contributed by atoms with Crippen LogP contribution in [0.15, 0.2) is 84.9 Å². The van der Waals surface area contributed by atoms with Gasteiger partial charge in [0.05, 0.1) is 26.5 Å². The molecule has 0 saturated heterocycles. The van der Waals surface area contributed by atoms with Gasteiger partial charge in [0.1, 0.15) is 11.8 Å². The Balaban J connectivity index is 1.98. The molecule has 39 heavy (non-hydrogen) atoms. The number of nitrogens with one attached hydrogen (secondary N) is 1. The van der Waals surface area contributed by atoms with Crippen LogP contribution in [0.2, 0.25) is 0 Å². The number of ether oxygens (including phenoxy) is 1. The third-order valence-electron chi connectivity index (χ3n) is 6.18. The standard InChI is InChI=1S/C29H35N3O6S/c1-38-26-15-13-25(14-16-26)21-32(27(29(35)30-17-18-33)19-23-9-5-3-6-10-23)28(34)22-31(39(2,36)37)20-24-11-7-4-8-12-24/h3-16,27,33H,17-22H2,1-2H3,(H,30,35). The molecular formula is C29H35N3O6S. The fourth-order valence-corrected chi connectivity index (χ4v) is 4.83. The first-order valence-corrected chi connectivity index (χ1v) is 14.4. The van der Waals surface area contributed by atoms with Crippen LogP contribution in [0, 0.1) is 0 Å². The first-order valence-electron chi connectivity index (χ1n) is 12.5. The van der Waals surface area contributed by atoms with Crippen molar-refractivity contribution in [3.8, 4) is 5.75 Å². The van der Waals surface area contributed by atoms with Crippen LogP contribution in [-0.2, 0) is 39.1 Å². The normalized spacial score (nSPS) is 12.1. The van der Waals surface area contributed by atoms with Gasteiger partial charge in [0.2, 0.25) is 21.8 Å². The number of aliphatic hydroxyl groups is 1. The summed E-state index contributed by atoms with van der Waals surface area (Å²) < 4.78 is 31.7. The van der Waals surface area contributed by atoms with Crippen LogP contribution < -0.4 is 10.1 Å². The summed E-state index contributed by atoms with van der Waals surface area (Å²) in [5, 5.41) is 12.0. The number of amides is 2. The molecule has 0 aromatic heterocycles. The molecule has 0 radical (unpaired) electrons. The van der Waals surface area contributed by atoms with Gasteiger partial charge in [-0.2, -0.15) is 4.31 Å². The van der Waals surface area contributed by atoms with E-state index in [1.165, 1.54) is 4.90 Å². The molecule has 2 N–H and O–H groups in total. The smallest absolute Gasteiger partial charge is 0.243 e. The number of methoxy groups -OCH3 is 1. The summed E-state index contributed by atoms with van der Waals surface area (Å²) in [4.78, 5) is 28.6.